The maximum atomic E-state index is 12.9. The number of sulfonamides is 1. The van der Waals surface area contributed by atoms with Gasteiger partial charge in [0, 0.05) is 25.7 Å². The lowest BCUT2D eigenvalue weighted by atomic mass is 10.1. The summed E-state index contributed by atoms with van der Waals surface area (Å²) in [6.07, 6.45) is 1.60. The van der Waals surface area contributed by atoms with Crippen molar-refractivity contribution in [3.05, 3.63) is 41.5 Å². The fraction of sp³-hybridized carbons (Fsp3) is 0.478. The lowest BCUT2D eigenvalue weighted by molar-refractivity contribution is 0.310. The third-order valence-corrected chi connectivity index (χ3v) is 7.64. The molecule has 0 saturated heterocycles. The number of halogens is 1. The van der Waals surface area contributed by atoms with E-state index >= 15 is 0 Å². The molecule has 0 spiro atoms. The van der Waals surface area contributed by atoms with Crippen molar-refractivity contribution in [3.8, 4) is 23.0 Å². The van der Waals surface area contributed by atoms with Crippen molar-refractivity contribution in [2.24, 2.45) is 0 Å². The minimum absolute atomic E-state index is 0. The van der Waals surface area contributed by atoms with Gasteiger partial charge in [-0.25, -0.2) is 8.42 Å². The molecule has 0 aliphatic carbocycles. The van der Waals surface area contributed by atoms with Crippen LogP contribution < -0.4 is 18.9 Å². The first-order chi connectivity index (χ1) is 15.3. The molecule has 0 unspecified atom stereocenters. The van der Waals surface area contributed by atoms with Crippen LogP contribution in [-0.2, 0) is 23.0 Å². The van der Waals surface area contributed by atoms with E-state index in [0.29, 0.717) is 35.2 Å². The molecule has 0 bridgehead atoms. The zero-order valence-corrected chi connectivity index (χ0v) is 21.4. The molecule has 0 saturated carbocycles. The summed E-state index contributed by atoms with van der Waals surface area (Å²) in [6.45, 7) is 2.47. The third kappa shape index (κ3) is 6.03. The summed E-state index contributed by atoms with van der Waals surface area (Å²) in [7, 11) is 4.83. The first kappa shape index (κ1) is 27.0. The minimum atomic E-state index is -3.52. The second-order valence-corrected chi connectivity index (χ2v) is 9.66. The molecule has 2 aromatic rings. The fourth-order valence-electron chi connectivity index (χ4n) is 3.86. The van der Waals surface area contributed by atoms with Crippen LogP contribution in [0.25, 0.3) is 0 Å². The highest BCUT2D eigenvalue weighted by Gasteiger charge is 2.35. The van der Waals surface area contributed by atoms with Crippen LogP contribution in [0.4, 0.5) is 0 Å². The molecule has 1 aliphatic rings. The van der Waals surface area contributed by atoms with Crippen LogP contribution in [0.3, 0.4) is 0 Å². The number of hydrogen-bond acceptors (Lipinski definition) is 7. The Bertz CT molecular complexity index is 1050. The summed E-state index contributed by atoms with van der Waals surface area (Å²) in [5.74, 6) is 2.40. The molecule has 0 aromatic heterocycles. The van der Waals surface area contributed by atoms with Gasteiger partial charge >= 0.3 is 0 Å². The van der Waals surface area contributed by atoms with E-state index in [1.54, 1.807) is 33.5 Å². The molecule has 0 N–H and O–H groups in total. The normalized spacial score (nSPS) is 14.5. The average Bonchev–Trinajstić information content (AvgIpc) is 3.05. The van der Waals surface area contributed by atoms with Gasteiger partial charge in [0.15, 0.2) is 23.0 Å². The summed E-state index contributed by atoms with van der Waals surface area (Å²) >= 11 is 0. The van der Waals surface area contributed by atoms with Crippen molar-refractivity contribution in [1.82, 2.24) is 9.21 Å². The number of benzene rings is 2. The van der Waals surface area contributed by atoms with Crippen LogP contribution in [0.1, 0.15) is 17.5 Å². The standard InChI is InChI=1S/C23H32N2O6S.ClH/c1-24(12-9-17-7-8-19(28-2)20(13-17)29-3)10-6-11-25-16-18-14-21(30-4)22(31-5)15-23(18)32(25,26)27;/h7-8,13-15H,6,9-12,16H2,1-5H3;1H. The zero-order chi connectivity index (χ0) is 23.3. The summed E-state index contributed by atoms with van der Waals surface area (Å²) in [6, 6.07) is 9.24. The summed E-state index contributed by atoms with van der Waals surface area (Å²) in [5, 5.41) is 0. The molecule has 0 fully saturated rings. The largest absolute Gasteiger partial charge is 0.493 e. The molecular formula is C23H33ClN2O6S. The summed E-state index contributed by atoms with van der Waals surface area (Å²) < 4.78 is 48.6. The summed E-state index contributed by atoms with van der Waals surface area (Å²) in [4.78, 5) is 2.51. The van der Waals surface area contributed by atoms with Gasteiger partial charge in [-0.05, 0) is 55.8 Å². The van der Waals surface area contributed by atoms with Gasteiger partial charge in [0.25, 0.3) is 0 Å². The summed E-state index contributed by atoms with van der Waals surface area (Å²) in [5.41, 5.74) is 1.90. The first-order valence-electron chi connectivity index (χ1n) is 10.5. The predicted octanol–water partition coefficient (Wildman–Crippen LogP) is 3.21. The highest BCUT2D eigenvalue weighted by atomic mass is 35.5. The number of ether oxygens (including phenoxy) is 4. The first-order valence-corrected chi connectivity index (χ1v) is 11.9. The van der Waals surface area contributed by atoms with Crippen molar-refractivity contribution >= 4 is 22.4 Å². The highest BCUT2D eigenvalue weighted by Crippen LogP contribution is 2.38. The Morgan fingerprint density at radius 1 is 0.879 bits per heavy atom. The van der Waals surface area contributed by atoms with Gasteiger partial charge in [0.2, 0.25) is 10.0 Å². The van der Waals surface area contributed by atoms with Crippen LogP contribution in [0.5, 0.6) is 23.0 Å². The second-order valence-electron chi connectivity index (χ2n) is 7.75. The number of likely N-dealkylation sites (N-methyl/N-ethyl adjacent to an activating group) is 1. The Labute approximate surface area is 202 Å². The maximum Gasteiger partial charge on any atom is 0.243 e. The quantitative estimate of drug-likeness (QED) is 0.469. The molecule has 184 valence electrons. The highest BCUT2D eigenvalue weighted by molar-refractivity contribution is 7.89. The van der Waals surface area contributed by atoms with E-state index in [9.17, 15) is 8.42 Å². The van der Waals surface area contributed by atoms with Crippen molar-refractivity contribution in [3.63, 3.8) is 0 Å². The molecule has 8 nitrogen and oxygen atoms in total. The van der Waals surface area contributed by atoms with Crippen molar-refractivity contribution < 1.29 is 27.4 Å². The predicted molar refractivity (Wildman–Crippen MR) is 130 cm³/mol. The van der Waals surface area contributed by atoms with E-state index in [1.807, 2.05) is 25.2 Å². The number of methoxy groups -OCH3 is 4. The zero-order valence-electron chi connectivity index (χ0n) is 19.8. The second kappa shape index (κ2) is 11.8. The van der Waals surface area contributed by atoms with Gasteiger partial charge < -0.3 is 23.8 Å². The molecule has 1 heterocycles. The molecule has 1 aliphatic heterocycles. The van der Waals surface area contributed by atoms with E-state index in [-0.39, 0.29) is 12.4 Å². The Kier molecular flexibility index (Phi) is 9.66. The molecule has 0 atom stereocenters. The van der Waals surface area contributed by atoms with Gasteiger partial charge in [-0.1, -0.05) is 6.07 Å². The van der Waals surface area contributed by atoms with E-state index in [0.717, 1.165) is 42.8 Å². The van der Waals surface area contributed by atoms with E-state index < -0.39 is 10.0 Å². The Morgan fingerprint density at radius 2 is 1.48 bits per heavy atom. The maximum absolute atomic E-state index is 12.9. The molecule has 3 rings (SSSR count). The van der Waals surface area contributed by atoms with Crippen molar-refractivity contribution in [2.45, 2.75) is 24.3 Å². The van der Waals surface area contributed by atoms with Crippen LogP contribution in [0.15, 0.2) is 35.2 Å². The number of hydrogen-bond donors (Lipinski definition) is 0. The van der Waals surface area contributed by atoms with Gasteiger partial charge in [-0.3, -0.25) is 0 Å². The molecule has 0 amide bonds. The van der Waals surface area contributed by atoms with E-state index in [2.05, 4.69) is 4.90 Å². The molecule has 10 heteroatoms. The topological polar surface area (TPSA) is 77.5 Å². The van der Waals surface area contributed by atoms with Gasteiger partial charge in [0.1, 0.15) is 0 Å². The molecule has 0 radical (unpaired) electrons. The monoisotopic (exact) mass is 500 g/mol. The number of rotatable bonds is 11. The fourth-order valence-corrected chi connectivity index (χ4v) is 5.53. The number of fused-ring (bicyclic) bond motifs is 1. The minimum Gasteiger partial charge on any atom is -0.493 e. The van der Waals surface area contributed by atoms with E-state index in [4.69, 9.17) is 18.9 Å². The SMILES string of the molecule is COc1ccc(CCN(C)CCCN2Cc3cc(OC)c(OC)cc3S2(=O)=O)cc1OC.Cl. The Morgan fingerprint density at radius 3 is 2.12 bits per heavy atom. The van der Waals surface area contributed by atoms with Crippen molar-refractivity contribution in [2.75, 3.05) is 55.1 Å². The molecule has 2 aromatic carbocycles. The lowest BCUT2D eigenvalue weighted by Crippen LogP contribution is -2.29. The van der Waals surface area contributed by atoms with E-state index in [1.165, 1.54) is 11.4 Å². The molecule has 33 heavy (non-hydrogen) atoms. The van der Waals surface area contributed by atoms with Crippen LogP contribution >= 0.6 is 12.4 Å². The third-order valence-electron chi connectivity index (χ3n) is 5.71. The average molecular weight is 501 g/mol. The van der Waals surface area contributed by atoms with Crippen molar-refractivity contribution in [1.29, 1.82) is 0 Å². The molecular weight excluding hydrogens is 468 g/mol. The van der Waals surface area contributed by atoms with Crippen LogP contribution in [-0.4, -0.2) is 72.7 Å². The van der Waals surface area contributed by atoms with Crippen LogP contribution in [0, 0.1) is 0 Å². The van der Waals surface area contributed by atoms with Gasteiger partial charge in [-0.2, -0.15) is 4.31 Å². The van der Waals surface area contributed by atoms with Crippen LogP contribution in [0.2, 0.25) is 0 Å². The Balaban J connectivity index is 0.00000385. The van der Waals surface area contributed by atoms with Gasteiger partial charge in [-0.15, -0.1) is 12.4 Å². The van der Waals surface area contributed by atoms with Gasteiger partial charge in [0.05, 0.1) is 33.3 Å². The Hall–Kier alpha value is -2.20. The smallest absolute Gasteiger partial charge is 0.243 e. The lowest BCUT2D eigenvalue weighted by Gasteiger charge is -2.19. The number of nitrogens with zero attached hydrogens (tertiary/aromatic N) is 2.